The van der Waals surface area contributed by atoms with Crippen molar-refractivity contribution in [1.29, 1.82) is 10.5 Å². The molecule has 0 amide bonds. The molecule has 0 aromatic heterocycles. The maximum Gasteiger partial charge on any atom is 0.132 e. The zero-order valence-electron chi connectivity index (χ0n) is 21.7. The molecule has 5 heteroatoms. The molecule has 1 atom stereocenters. The number of nitriles is 2. The van der Waals surface area contributed by atoms with Crippen molar-refractivity contribution in [1.82, 2.24) is 0 Å². The van der Waals surface area contributed by atoms with Crippen molar-refractivity contribution in [2.24, 2.45) is 0 Å². The minimum absolute atomic E-state index is 0.408. The molecule has 6 rings (SSSR count). The molecule has 0 bridgehead atoms. The van der Waals surface area contributed by atoms with E-state index in [0.29, 0.717) is 36.3 Å². The second kappa shape index (κ2) is 12.3. The normalized spacial score (nSPS) is 15.1. The van der Waals surface area contributed by atoms with Gasteiger partial charge in [-0.25, -0.2) is 4.39 Å². The quantitative estimate of drug-likeness (QED) is 0.283. The zero-order chi connectivity index (χ0) is 27.0. The molecule has 0 N–H and O–H groups in total. The van der Waals surface area contributed by atoms with Gasteiger partial charge in [-0.1, -0.05) is 54.6 Å². The van der Waals surface area contributed by atoms with Crippen LogP contribution < -0.4 is 9.47 Å². The van der Waals surface area contributed by atoms with Gasteiger partial charge >= 0.3 is 0 Å². The topological polar surface area (TPSA) is 66.0 Å². The summed E-state index contributed by atoms with van der Waals surface area (Å²) in [6.45, 7) is 1.26. The van der Waals surface area contributed by atoms with Gasteiger partial charge < -0.3 is 9.47 Å². The molecular formula is C34H29FN2O2. The summed E-state index contributed by atoms with van der Waals surface area (Å²) in [5, 5.41) is 18.2. The molecule has 4 nitrogen and oxygen atoms in total. The van der Waals surface area contributed by atoms with E-state index in [1.165, 1.54) is 11.1 Å². The Morgan fingerprint density at radius 2 is 1.31 bits per heavy atom. The van der Waals surface area contributed by atoms with E-state index < -0.39 is 6.17 Å². The molecule has 0 spiro atoms. The van der Waals surface area contributed by atoms with Crippen LogP contribution in [0.3, 0.4) is 0 Å². The van der Waals surface area contributed by atoms with Gasteiger partial charge in [-0.2, -0.15) is 10.5 Å². The smallest absolute Gasteiger partial charge is 0.132 e. The van der Waals surface area contributed by atoms with Crippen LogP contribution >= 0.6 is 0 Å². The van der Waals surface area contributed by atoms with Gasteiger partial charge in [-0.05, 0) is 83.8 Å². The van der Waals surface area contributed by atoms with Gasteiger partial charge in [0.1, 0.15) is 17.7 Å². The Morgan fingerprint density at radius 1 is 0.718 bits per heavy atom. The summed E-state index contributed by atoms with van der Waals surface area (Å²) in [6.07, 6.45) is 3.06. The Kier molecular flexibility index (Phi) is 8.20. The summed E-state index contributed by atoms with van der Waals surface area (Å²) in [5.74, 6) is 1.66. The molecule has 2 heterocycles. The molecular weight excluding hydrogens is 487 g/mol. The first-order valence-electron chi connectivity index (χ1n) is 13.2. The molecule has 0 saturated heterocycles. The Bertz CT molecular complexity index is 1550. The number of halogens is 1. The van der Waals surface area contributed by atoms with Crippen LogP contribution in [0.4, 0.5) is 4.39 Å². The van der Waals surface area contributed by atoms with Crippen molar-refractivity contribution in [2.75, 3.05) is 13.2 Å². The van der Waals surface area contributed by atoms with Gasteiger partial charge in [0.25, 0.3) is 0 Å². The fourth-order valence-corrected chi connectivity index (χ4v) is 5.04. The summed E-state index contributed by atoms with van der Waals surface area (Å²) in [7, 11) is 0. The van der Waals surface area contributed by atoms with Crippen molar-refractivity contribution in [3.8, 4) is 23.6 Å². The molecule has 1 unspecified atom stereocenters. The lowest BCUT2D eigenvalue weighted by Crippen LogP contribution is -2.11. The van der Waals surface area contributed by atoms with E-state index in [4.69, 9.17) is 20.0 Å². The monoisotopic (exact) mass is 516 g/mol. The highest BCUT2D eigenvalue weighted by Gasteiger charge is 2.21. The van der Waals surface area contributed by atoms with Crippen molar-refractivity contribution in [3.05, 3.63) is 129 Å². The third-order valence-electron chi connectivity index (χ3n) is 7.08. The van der Waals surface area contributed by atoms with E-state index in [1.54, 1.807) is 6.07 Å². The predicted octanol–water partition coefficient (Wildman–Crippen LogP) is 7.42. The third kappa shape index (κ3) is 6.28. The van der Waals surface area contributed by atoms with Gasteiger partial charge in [0.05, 0.1) is 36.5 Å². The van der Waals surface area contributed by atoms with Crippen LogP contribution in [0.5, 0.6) is 11.5 Å². The number of aryl methyl sites for hydroxylation is 1. The summed E-state index contributed by atoms with van der Waals surface area (Å²) in [6, 6.07) is 31.7. The van der Waals surface area contributed by atoms with E-state index in [0.717, 1.165) is 53.9 Å². The van der Waals surface area contributed by atoms with Crippen LogP contribution in [0.1, 0.15) is 63.5 Å². The highest BCUT2D eigenvalue weighted by atomic mass is 19.1. The SMILES string of the molecule is N#Cc1ccccc1Cc1ccc2c(c1)C(F)CCO2.N#Cc1ccccc1Cc1ccc2c(c1)CCCO2. The highest BCUT2D eigenvalue weighted by molar-refractivity contribution is 5.46. The number of benzene rings is 4. The molecule has 194 valence electrons. The Labute approximate surface area is 228 Å². The number of nitrogens with zero attached hydrogens (tertiary/aromatic N) is 2. The largest absolute Gasteiger partial charge is 0.493 e. The first-order chi connectivity index (χ1) is 19.1. The van der Waals surface area contributed by atoms with E-state index in [1.807, 2.05) is 60.7 Å². The van der Waals surface area contributed by atoms with Crippen LogP contribution in [0.15, 0.2) is 84.9 Å². The van der Waals surface area contributed by atoms with Crippen molar-refractivity contribution in [3.63, 3.8) is 0 Å². The second-order valence-corrected chi connectivity index (χ2v) is 9.76. The second-order valence-electron chi connectivity index (χ2n) is 9.76. The molecule has 0 saturated carbocycles. The van der Waals surface area contributed by atoms with Gasteiger partial charge in [0, 0.05) is 12.0 Å². The highest BCUT2D eigenvalue weighted by Crippen LogP contribution is 2.35. The molecule has 0 fully saturated rings. The fourth-order valence-electron chi connectivity index (χ4n) is 5.04. The number of hydrogen-bond donors (Lipinski definition) is 0. The zero-order valence-corrected chi connectivity index (χ0v) is 21.7. The summed E-state index contributed by atoms with van der Waals surface area (Å²) in [5.41, 5.74) is 7.63. The predicted molar refractivity (Wildman–Crippen MR) is 149 cm³/mol. The van der Waals surface area contributed by atoms with E-state index in [2.05, 4.69) is 30.3 Å². The molecule has 39 heavy (non-hydrogen) atoms. The van der Waals surface area contributed by atoms with Gasteiger partial charge in [0.15, 0.2) is 0 Å². The third-order valence-corrected chi connectivity index (χ3v) is 7.08. The molecule has 4 aromatic carbocycles. The lowest BCUT2D eigenvalue weighted by atomic mass is 9.96. The van der Waals surface area contributed by atoms with Crippen molar-refractivity contribution >= 4 is 0 Å². The Balaban J connectivity index is 0.000000158. The number of hydrogen-bond acceptors (Lipinski definition) is 4. The van der Waals surface area contributed by atoms with E-state index in [-0.39, 0.29) is 0 Å². The van der Waals surface area contributed by atoms with Crippen LogP contribution in [0, 0.1) is 22.7 Å². The number of ether oxygens (including phenoxy) is 2. The molecule has 4 aromatic rings. The van der Waals surface area contributed by atoms with Crippen molar-refractivity contribution in [2.45, 2.75) is 38.3 Å². The maximum absolute atomic E-state index is 13.9. The number of alkyl halides is 1. The average Bonchev–Trinajstić information content (AvgIpc) is 2.98. The Morgan fingerprint density at radius 3 is 1.97 bits per heavy atom. The fraction of sp³-hybridized carbons (Fsp3) is 0.235. The maximum atomic E-state index is 13.9. The van der Waals surface area contributed by atoms with E-state index in [9.17, 15) is 4.39 Å². The summed E-state index contributed by atoms with van der Waals surface area (Å²) < 4.78 is 25.0. The molecule has 0 radical (unpaired) electrons. The minimum Gasteiger partial charge on any atom is -0.493 e. The van der Waals surface area contributed by atoms with Crippen LogP contribution in [0.2, 0.25) is 0 Å². The average molecular weight is 517 g/mol. The lowest BCUT2D eigenvalue weighted by Gasteiger charge is -2.21. The van der Waals surface area contributed by atoms with Gasteiger partial charge in [-0.3, -0.25) is 0 Å². The van der Waals surface area contributed by atoms with Crippen molar-refractivity contribution < 1.29 is 13.9 Å². The minimum atomic E-state index is -0.954. The lowest BCUT2D eigenvalue weighted by molar-refractivity contribution is 0.200. The summed E-state index contributed by atoms with van der Waals surface area (Å²) >= 11 is 0. The van der Waals surface area contributed by atoms with Gasteiger partial charge in [-0.15, -0.1) is 0 Å². The van der Waals surface area contributed by atoms with Gasteiger partial charge in [0.2, 0.25) is 0 Å². The van der Waals surface area contributed by atoms with Crippen LogP contribution in [-0.4, -0.2) is 13.2 Å². The van der Waals surface area contributed by atoms with Crippen LogP contribution in [0.25, 0.3) is 0 Å². The first-order valence-corrected chi connectivity index (χ1v) is 13.2. The van der Waals surface area contributed by atoms with Crippen LogP contribution in [-0.2, 0) is 19.3 Å². The summed E-state index contributed by atoms with van der Waals surface area (Å²) in [4.78, 5) is 0. The Hall–Kier alpha value is -4.61. The number of fused-ring (bicyclic) bond motifs is 2. The van der Waals surface area contributed by atoms with E-state index >= 15 is 0 Å². The molecule has 0 aliphatic carbocycles. The molecule has 2 aliphatic heterocycles. The first kappa shape index (κ1) is 26.0. The standard InChI is InChI=1S/C17H14FNO.C17H15NO/c18-16-7-8-20-17-6-5-12(10-15(16)17)9-13-3-1-2-4-14(13)11-19;18-12-16-5-2-1-4-14(16)10-13-7-8-17-15(11-13)6-3-9-19-17/h1-6,10,16H,7-9H2;1-2,4-5,7-8,11H,3,6,9-10H2. The number of rotatable bonds is 4. The molecule has 2 aliphatic rings.